The first-order chi connectivity index (χ1) is 13.2. The number of nitro groups is 1. The van der Waals surface area contributed by atoms with Crippen LogP contribution in [-0.2, 0) is 9.59 Å². The van der Waals surface area contributed by atoms with Gasteiger partial charge in [-0.3, -0.25) is 19.7 Å². The van der Waals surface area contributed by atoms with Crippen molar-refractivity contribution in [3.8, 4) is 0 Å². The number of amides is 2. The Labute approximate surface area is 164 Å². The van der Waals surface area contributed by atoms with Gasteiger partial charge in [-0.05, 0) is 30.3 Å². The van der Waals surface area contributed by atoms with E-state index in [1.165, 1.54) is 43.3 Å². The van der Waals surface area contributed by atoms with Crippen LogP contribution in [0.1, 0.15) is 35.3 Å². The number of carbonyl (C=O) groups excluding carboxylic acids is 3. The number of hydrogen-bond donors (Lipinski definition) is 2. The summed E-state index contributed by atoms with van der Waals surface area (Å²) in [7, 11) is 0. The van der Waals surface area contributed by atoms with Crippen LogP contribution in [-0.4, -0.2) is 22.7 Å². The minimum absolute atomic E-state index is 0.0677. The van der Waals surface area contributed by atoms with Crippen molar-refractivity contribution < 1.29 is 24.4 Å². The van der Waals surface area contributed by atoms with E-state index in [1.807, 2.05) is 0 Å². The van der Waals surface area contributed by atoms with Crippen molar-refractivity contribution in [2.45, 2.75) is 19.4 Å². The van der Waals surface area contributed by atoms with Crippen LogP contribution < -0.4 is 15.7 Å². The molecule has 0 bridgehead atoms. The van der Waals surface area contributed by atoms with Crippen LogP contribution in [0.15, 0.2) is 42.5 Å². The van der Waals surface area contributed by atoms with Crippen molar-refractivity contribution in [1.82, 2.24) is 5.32 Å². The largest absolute Gasteiger partial charge is 0.550 e. The Bertz CT molecular complexity index is 929. The van der Waals surface area contributed by atoms with E-state index in [0.717, 1.165) is 6.07 Å². The third-order valence-electron chi connectivity index (χ3n) is 3.71. The molecule has 2 aromatic carbocycles. The summed E-state index contributed by atoms with van der Waals surface area (Å²) in [5, 5.41) is 27.2. The van der Waals surface area contributed by atoms with E-state index in [9.17, 15) is 29.6 Å². The number of nitro benzene ring substituents is 1. The lowest BCUT2D eigenvalue weighted by Crippen LogP contribution is -2.34. The number of carboxylic acid groups (broad SMARTS) is 1. The van der Waals surface area contributed by atoms with Gasteiger partial charge in [-0.15, -0.1) is 0 Å². The van der Waals surface area contributed by atoms with Crippen LogP contribution in [0.5, 0.6) is 0 Å². The SMILES string of the molecule is CC(=O)Nc1ccc(C(=O)N[C@@H](CC(=O)[O-])c2cc([N+](=O)[O-])ccc2Cl)cc1. The normalized spacial score (nSPS) is 11.4. The molecule has 0 unspecified atom stereocenters. The third-order valence-corrected chi connectivity index (χ3v) is 4.05. The van der Waals surface area contributed by atoms with Crippen LogP contribution in [0.25, 0.3) is 0 Å². The number of nitrogens with one attached hydrogen (secondary N) is 2. The number of aliphatic carboxylic acids is 1. The van der Waals surface area contributed by atoms with Gasteiger partial charge in [0.1, 0.15) is 0 Å². The van der Waals surface area contributed by atoms with E-state index in [1.54, 1.807) is 0 Å². The second kappa shape index (κ2) is 8.96. The Balaban J connectivity index is 2.28. The number of benzene rings is 2. The van der Waals surface area contributed by atoms with E-state index in [2.05, 4.69) is 10.6 Å². The highest BCUT2D eigenvalue weighted by Crippen LogP contribution is 2.29. The Morgan fingerprint density at radius 2 is 1.79 bits per heavy atom. The fourth-order valence-corrected chi connectivity index (χ4v) is 2.72. The lowest BCUT2D eigenvalue weighted by molar-refractivity contribution is -0.385. The van der Waals surface area contributed by atoms with Crippen LogP contribution in [0.2, 0.25) is 5.02 Å². The van der Waals surface area contributed by atoms with E-state index in [-0.39, 0.29) is 27.7 Å². The number of carbonyl (C=O) groups is 3. The summed E-state index contributed by atoms with van der Waals surface area (Å²) in [6.45, 7) is 1.34. The number of halogens is 1. The summed E-state index contributed by atoms with van der Waals surface area (Å²) in [6.07, 6.45) is -0.628. The second-order valence-corrected chi connectivity index (χ2v) is 6.23. The summed E-state index contributed by atoms with van der Waals surface area (Å²) < 4.78 is 0. The van der Waals surface area contributed by atoms with Gasteiger partial charge < -0.3 is 20.5 Å². The number of non-ortho nitro benzene ring substituents is 1. The topological polar surface area (TPSA) is 141 Å². The monoisotopic (exact) mass is 404 g/mol. The Morgan fingerprint density at radius 3 is 2.32 bits per heavy atom. The van der Waals surface area contributed by atoms with Crippen molar-refractivity contribution in [2.24, 2.45) is 0 Å². The fourth-order valence-electron chi connectivity index (χ4n) is 2.47. The molecule has 2 rings (SSSR count). The maximum atomic E-state index is 12.5. The van der Waals surface area contributed by atoms with Crippen molar-refractivity contribution >= 4 is 40.8 Å². The quantitative estimate of drug-likeness (QED) is 0.532. The predicted octanol–water partition coefficient (Wildman–Crippen LogP) is 1.82. The van der Waals surface area contributed by atoms with Gasteiger partial charge >= 0.3 is 0 Å². The van der Waals surface area contributed by atoms with E-state index < -0.39 is 29.3 Å². The molecule has 0 aliphatic heterocycles. The number of nitrogens with zero attached hydrogens (tertiary/aromatic N) is 1. The van der Waals surface area contributed by atoms with Crippen molar-refractivity contribution in [2.75, 3.05) is 5.32 Å². The molecule has 2 N–H and O–H groups in total. The zero-order chi connectivity index (χ0) is 20.8. The second-order valence-electron chi connectivity index (χ2n) is 5.82. The summed E-state index contributed by atoms with van der Waals surface area (Å²) in [6, 6.07) is 8.28. The molecule has 146 valence electrons. The van der Waals surface area contributed by atoms with Gasteiger partial charge in [-0.25, -0.2) is 0 Å². The maximum Gasteiger partial charge on any atom is 0.269 e. The minimum atomic E-state index is -1.46. The first-order valence-electron chi connectivity index (χ1n) is 7.99. The highest BCUT2D eigenvalue weighted by Gasteiger charge is 2.21. The molecule has 0 spiro atoms. The summed E-state index contributed by atoms with van der Waals surface area (Å²) in [5.74, 6) is -2.36. The first-order valence-corrected chi connectivity index (χ1v) is 8.37. The van der Waals surface area contributed by atoms with Gasteiger partial charge in [-0.1, -0.05) is 11.6 Å². The molecule has 0 radical (unpaired) electrons. The standard InChI is InChI=1S/C18H16ClN3O6/c1-10(23)20-12-4-2-11(3-5-12)18(26)21-16(9-17(24)25)14-8-13(22(27)28)6-7-15(14)19/h2-8,16H,9H2,1H3,(H,20,23)(H,21,26)(H,24,25)/p-1/t16-/m0/s1. The lowest BCUT2D eigenvalue weighted by Gasteiger charge is -2.21. The Hall–Kier alpha value is -3.46. The summed E-state index contributed by atoms with van der Waals surface area (Å²) >= 11 is 6.05. The molecule has 0 saturated carbocycles. The molecular formula is C18H15ClN3O6-. The van der Waals surface area contributed by atoms with E-state index >= 15 is 0 Å². The van der Waals surface area contributed by atoms with Crippen molar-refractivity contribution in [3.63, 3.8) is 0 Å². The van der Waals surface area contributed by atoms with Gasteiger partial charge in [0.25, 0.3) is 11.6 Å². The number of carboxylic acids is 1. The number of hydrogen-bond acceptors (Lipinski definition) is 6. The molecule has 0 aliphatic rings. The zero-order valence-electron chi connectivity index (χ0n) is 14.6. The van der Waals surface area contributed by atoms with Crippen molar-refractivity contribution in [3.05, 3.63) is 68.7 Å². The molecule has 0 fully saturated rings. The summed E-state index contributed by atoms with van der Waals surface area (Å²) in [4.78, 5) is 44.9. The highest BCUT2D eigenvalue weighted by molar-refractivity contribution is 6.31. The van der Waals surface area contributed by atoms with Gasteiger partial charge in [0, 0.05) is 53.3 Å². The molecule has 2 aromatic rings. The van der Waals surface area contributed by atoms with Crippen LogP contribution in [0.3, 0.4) is 0 Å². The van der Waals surface area contributed by atoms with Crippen molar-refractivity contribution in [1.29, 1.82) is 0 Å². The molecule has 0 aromatic heterocycles. The van der Waals surface area contributed by atoms with E-state index in [4.69, 9.17) is 11.6 Å². The maximum absolute atomic E-state index is 12.5. The molecule has 28 heavy (non-hydrogen) atoms. The molecule has 0 heterocycles. The van der Waals surface area contributed by atoms with Gasteiger partial charge in [0.2, 0.25) is 5.91 Å². The van der Waals surface area contributed by atoms with Gasteiger partial charge in [0.15, 0.2) is 0 Å². The summed E-state index contributed by atoms with van der Waals surface area (Å²) in [5.41, 5.74) is 0.469. The number of rotatable bonds is 7. The molecule has 10 heteroatoms. The first kappa shape index (κ1) is 20.8. The van der Waals surface area contributed by atoms with Gasteiger partial charge in [-0.2, -0.15) is 0 Å². The Kier molecular flexibility index (Phi) is 6.67. The lowest BCUT2D eigenvalue weighted by atomic mass is 10.0. The average molecular weight is 405 g/mol. The molecule has 0 aliphatic carbocycles. The van der Waals surface area contributed by atoms with E-state index in [0.29, 0.717) is 5.69 Å². The molecule has 1 atom stereocenters. The molecule has 2 amide bonds. The fraction of sp³-hybridized carbons (Fsp3) is 0.167. The third kappa shape index (κ3) is 5.52. The van der Waals surface area contributed by atoms with Crippen LogP contribution in [0.4, 0.5) is 11.4 Å². The Morgan fingerprint density at radius 1 is 1.14 bits per heavy atom. The molecular weight excluding hydrogens is 390 g/mol. The van der Waals surface area contributed by atoms with Crippen LogP contribution >= 0.6 is 11.6 Å². The average Bonchev–Trinajstić information content (AvgIpc) is 2.61. The molecule has 9 nitrogen and oxygen atoms in total. The zero-order valence-corrected chi connectivity index (χ0v) is 15.4. The minimum Gasteiger partial charge on any atom is -0.550 e. The van der Waals surface area contributed by atoms with Gasteiger partial charge in [0.05, 0.1) is 11.0 Å². The van der Waals surface area contributed by atoms with Crippen LogP contribution in [0, 0.1) is 10.1 Å². The number of anilines is 1. The highest BCUT2D eigenvalue weighted by atomic mass is 35.5. The smallest absolute Gasteiger partial charge is 0.269 e. The molecule has 0 saturated heterocycles. The predicted molar refractivity (Wildman–Crippen MR) is 98.7 cm³/mol.